The number of likely N-dealkylation sites (tertiary alicyclic amines) is 1. The Labute approximate surface area is 166 Å². The number of aromatic nitrogens is 2. The lowest BCUT2D eigenvalue weighted by atomic mass is 9.96. The molecule has 3 heterocycles. The van der Waals surface area contributed by atoms with Crippen molar-refractivity contribution >= 4 is 5.91 Å². The summed E-state index contributed by atoms with van der Waals surface area (Å²) in [5.41, 5.74) is 4.42. The smallest absolute Gasteiger partial charge is 0.219 e. The second kappa shape index (κ2) is 7.87. The third-order valence-corrected chi connectivity index (χ3v) is 5.89. The van der Waals surface area contributed by atoms with Crippen LogP contribution in [0.1, 0.15) is 53.9 Å². The summed E-state index contributed by atoms with van der Waals surface area (Å²) in [6, 6.07) is 5.75. The predicted molar refractivity (Wildman–Crippen MR) is 107 cm³/mol. The summed E-state index contributed by atoms with van der Waals surface area (Å²) < 4.78 is 0. The Morgan fingerprint density at radius 2 is 2.18 bits per heavy atom. The first-order chi connectivity index (χ1) is 13.5. The molecule has 1 saturated heterocycles. The van der Waals surface area contributed by atoms with Gasteiger partial charge in [0.15, 0.2) is 0 Å². The molecule has 0 radical (unpaired) electrons. The molecular weight excluding hydrogens is 352 g/mol. The van der Waals surface area contributed by atoms with E-state index in [0.29, 0.717) is 5.75 Å². The van der Waals surface area contributed by atoms with Crippen molar-refractivity contribution in [3.05, 3.63) is 52.6 Å². The average Bonchev–Trinajstić information content (AvgIpc) is 2.70. The van der Waals surface area contributed by atoms with Crippen LogP contribution in [0.4, 0.5) is 0 Å². The van der Waals surface area contributed by atoms with Crippen molar-refractivity contribution in [2.75, 3.05) is 19.6 Å². The van der Waals surface area contributed by atoms with Crippen LogP contribution in [0.5, 0.6) is 5.75 Å². The first kappa shape index (κ1) is 18.9. The molecule has 0 bridgehead atoms. The van der Waals surface area contributed by atoms with Crippen molar-refractivity contribution in [3.63, 3.8) is 0 Å². The minimum atomic E-state index is 0.137. The second-order valence-electron chi connectivity index (χ2n) is 8.10. The highest BCUT2D eigenvalue weighted by Crippen LogP contribution is 2.27. The number of hydrogen-bond donors (Lipinski definition) is 1. The van der Waals surface area contributed by atoms with E-state index >= 15 is 0 Å². The van der Waals surface area contributed by atoms with Crippen LogP contribution in [0.25, 0.3) is 0 Å². The van der Waals surface area contributed by atoms with E-state index in [-0.39, 0.29) is 11.8 Å². The van der Waals surface area contributed by atoms with E-state index < -0.39 is 0 Å². The average molecular weight is 380 g/mol. The van der Waals surface area contributed by atoms with Crippen LogP contribution < -0.4 is 0 Å². The standard InChI is InChI=1S/C22H28N4O2/c1-15-5-6-21(28)18(10-15)12-25-9-7-20-19(13-25)11-23-22(24-20)17-4-3-8-26(14-17)16(2)27/h5-6,10-11,17,28H,3-4,7-9,12-14H2,1-2H3. The molecule has 6 nitrogen and oxygen atoms in total. The molecule has 6 heteroatoms. The number of nitrogens with zero attached hydrogens (tertiary/aromatic N) is 4. The zero-order chi connectivity index (χ0) is 19.7. The molecule has 2 aromatic rings. The lowest BCUT2D eigenvalue weighted by molar-refractivity contribution is -0.130. The highest BCUT2D eigenvalue weighted by molar-refractivity contribution is 5.73. The van der Waals surface area contributed by atoms with E-state index in [1.54, 1.807) is 13.0 Å². The van der Waals surface area contributed by atoms with E-state index in [1.165, 1.54) is 5.56 Å². The van der Waals surface area contributed by atoms with Crippen molar-refractivity contribution in [3.8, 4) is 5.75 Å². The lowest BCUT2D eigenvalue weighted by Crippen LogP contribution is -2.38. The molecule has 1 N–H and O–H groups in total. The van der Waals surface area contributed by atoms with E-state index in [0.717, 1.165) is 74.6 Å². The van der Waals surface area contributed by atoms with Gasteiger partial charge >= 0.3 is 0 Å². The van der Waals surface area contributed by atoms with Crippen molar-refractivity contribution < 1.29 is 9.90 Å². The number of benzene rings is 1. The Balaban J connectivity index is 1.46. The molecule has 1 atom stereocenters. The van der Waals surface area contributed by atoms with Crippen LogP contribution in [0.3, 0.4) is 0 Å². The zero-order valence-corrected chi connectivity index (χ0v) is 16.7. The summed E-state index contributed by atoms with van der Waals surface area (Å²) in [7, 11) is 0. The normalized spacial score (nSPS) is 20.1. The van der Waals surface area contributed by atoms with Crippen LogP contribution in [0, 0.1) is 6.92 Å². The number of fused-ring (bicyclic) bond motifs is 1. The fourth-order valence-corrected chi connectivity index (χ4v) is 4.28. The Kier molecular flexibility index (Phi) is 5.31. The summed E-state index contributed by atoms with van der Waals surface area (Å²) >= 11 is 0. The Hall–Kier alpha value is -2.47. The quantitative estimate of drug-likeness (QED) is 0.887. The highest BCUT2D eigenvalue weighted by atomic mass is 16.3. The topological polar surface area (TPSA) is 69.6 Å². The number of carbonyl (C=O) groups excluding carboxylic acids is 1. The Morgan fingerprint density at radius 3 is 3.00 bits per heavy atom. The molecule has 1 amide bonds. The summed E-state index contributed by atoms with van der Waals surface area (Å²) in [5.74, 6) is 1.62. The summed E-state index contributed by atoms with van der Waals surface area (Å²) in [6.45, 7) is 7.70. The molecule has 4 rings (SSSR count). The minimum Gasteiger partial charge on any atom is -0.508 e. The predicted octanol–water partition coefficient (Wildman–Crippen LogP) is 2.77. The number of phenolic OH excluding ortho intramolecular Hbond substituents is 1. The van der Waals surface area contributed by atoms with Gasteiger partial charge in [0.1, 0.15) is 11.6 Å². The van der Waals surface area contributed by atoms with E-state index in [4.69, 9.17) is 4.98 Å². The molecule has 1 fully saturated rings. The molecule has 28 heavy (non-hydrogen) atoms. The van der Waals surface area contributed by atoms with E-state index in [2.05, 4.69) is 9.88 Å². The fourth-order valence-electron chi connectivity index (χ4n) is 4.28. The lowest BCUT2D eigenvalue weighted by Gasteiger charge is -2.32. The molecule has 2 aliphatic rings. The van der Waals surface area contributed by atoms with Gasteiger partial charge in [0.25, 0.3) is 0 Å². The van der Waals surface area contributed by atoms with Crippen molar-refractivity contribution in [2.45, 2.75) is 52.1 Å². The van der Waals surface area contributed by atoms with Gasteiger partial charge in [-0.25, -0.2) is 9.97 Å². The van der Waals surface area contributed by atoms with Gasteiger partial charge in [-0.15, -0.1) is 0 Å². The van der Waals surface area contributed by atoms with Gasteiger partial charge in [0, 0.05) is 75.0 Å². The number of rotatable bonds is 3. The minimum absolute atomic E-state index is 0.137. The number of amides is 1. The molecule has 1 aromatic carbocycles. The number of piperidine rings is 1. The maximum Gasteiger partial charge on any atom is 0.219 e. The van der Waals surface area contributed by atoms with Crippen molar-refractivity contribution in [1.29, 1.82) is 0 Å². The highest BCUT2D eigenvalue weighted by Gasteiger charge is 2.26. The molecule has 2 aliphatic heterocycles. The molecule has 0 aliphatic carbocycles. The summed E-state index contributed by atoms with van der Waals surface area (Å²) in [5, 5.41) is 10.1. The number of phenols is 1. The summed E-state index contributed by atoms with van der Waals surface area (Å²) in [6.07, 6.45) is 4.91. The zero-order valence-electron chi connectivity index (χ0n) is 16.7. The van der Waals surface area contributed by atoms with Gasteiger partial charge < -0.3 is 10.0 Å². The number of carbonyl (C=O) groups is 1. The molecule has 0 saturated carbocycles. The van der Waals surface area contributed by atoms with Crippen LogP contribution in [-0.4, -0.2) is 50.4 Å². The van der Waals surface area contributed by atoms with Crippen LogP contribution >= 0.6 is 0 Å². The van der Waals surface area contributed by atoms with Crippen LogP contribution in [-0.2, 0) is 24.3 Å². The van der Waals surface area contributed by atoms with Crippen LogP contribution in [0.2, 0.25) is 0 Å². The first-order valence-corrected chi connectivity index (χ1v) is 10.1. The monoisotopic (exact) mass is 380 g/mol. The van der Waals surface area contributed by atoms with E-state index in [1.807, 2.05) is 30.2 Å². The van der Waals surface area contributed by atoms with Gasteiger partial charge in [-0.1, -0.05) is 17.7 Å². The Bertz CT molecular complexity index is 883. The van der Waals surface area contributed by atoms with Gasteiger partial charge in [0.05, 0.1) is 0 Å². The maximum absolute atomic E-state index is 11.7. The molecule has 1 unspecified atom stereocenters. The first-order valence-electron chi connectivity index (χ1n) is 10.1. The van der Waals surface area contributed by atoms with Crippen LogP contribution in [0.15, 0.2) is 24.4 Å². The second-order valence-corrected chi connectivity index (χ2v) is 8.10. The SMILES string of the molecule is CC(=O)N1CCCC(c2ncc3c(n2)CCN(Cc2cc(C)ccc2O)C3)C1. The van der Waals surface area contributed by atoms with Gasteiger partial charge in [-0.3, -0.25) is 9.69 Å². The molecule has 148 valence electrons. The Morgan fingerprint density at radius 1 is 1.32 bits per heavy atom. The largest absolute Gasteiger partial charge is 0.508 e. The molecule has 0 spiro atoms. The van der Waals surface area contributed by atoms with E-state index in [9.17, 15) is 9.90 Å². The maximum atomic E-state index is 11.7. The number of hydrogen-bond acceptors (Lipinski definition) is 5. The molecule has 1 aromatic heterocycles. The van der Waals surface area contributed by atoms with Crippen molar-refractivity contribution in [2.24, 2.45) is 0 Å². The third kappa shape index (κ3) is 4.02. The molecular formula is C22H28N4O2. The van der Waals surface area contributed by atoms with Gasteiger partial charge in [0.2, 0.25) is 5.91 Å². The van der Waals surface area contributed by atoms with Crippen molar-refractivity contribution in [1.82, 2.24) is 19.8 Å². The van der Waals surface area contributed by atoms with Gasteiger partial charge in [-0.2, -0.15) is 0 Å². The number of aromatic hydroxyl groups is 1. The number of aryl methyl sites for hydroxylation is 1. The third-order valence-electron chi connectivity index (χ3n) is 5.89. The fraction of sp³-hybridized carbons (Fsp3) is 0.500. The van der Waals surface area contributed by atoms with Gasteiger partial charge in [-0.05, 0) is 25.8 Å². The summed E-state index contributed by atoms with van der Waals surface area (Å²) in [4.78, 5) is 25.5.